The average molecular weight is 499 g/mol. The maximum Gasteiger partial charge on any atom is 0.191 e. The molecule has 0 aromatic heterocycles. The predicted octanol–water partition coefficient (Wildman–Crippen LogP) is 3.76. The van der Waals surface area contributed by atoms with Gasteiger partial charge in [-0.2, -0.15) is 0 Å². The Kier molecular flexibility index (Phi) is 11.2. The first-order valence-corrected chi connectivity index (χ1v) is 9.08. The van der Waals surface area contributed by atoms with Crippen molar-refractivity contribution < 1.29 is 14.2 Å². The monoisotopic (exact) mass is 499 g/mol. The van der Waals surface area contributed by atoms with Gasteiger partial charge in [-0.05, 0) is 49.2 Å². The van der Waals surface area contributed by atoms with Gasteiger partial charge in [0.05, 0.1) is 27.3 Å². The molecular weight excluding hydrogens is 469 g/mol. The number of nitrogens with zero attached hydrogens (tertiary/aromatic N) is 1. The molecule has 0 saturated heterocycles. The van der Waals surface area contributed by atoms with Crippen molar-refractivity contribution in [2.24, 2.45) is 4.99 Å². The van der Waals surface area contributed by atoms with Crippen LogP contribution in [-0.4, -0.2) is 39.9 Å². The smallest absolute Gasteiger partial charge is 0.191 e. The zero-order chi connectivity index (χ0) is 19.5. The van der Waals surface area contributed by atoms with Crippen molar-refractivity contribution in [3.63, 3.8) is 0 Å². The van der Waals surface area contributed by atoms with Crippen LogP contribution < -0.4 is 24.8 Å². The maximum absolute atomic E-state index is 5.76. The van der Waals surface area contributed by atoms with E-state index in [0.29, 0.717) is 31.2 Å². The SMILES string of the molecule is CCNC(=NCc1ccc(OC)c(OC)c1)NCCOc1cccc(C)c1.I. The fraction of sp³-hybridized carbons (Fsp3) is 0.381. The molecule has 0 spiro atoms. The van der Waals surface area contributed by atoms with Crippen LogP contribution in [0.3, 0.4) is 0 Å². The molecule has 0 aliphatic heterocycles. The van der Waals surface area contributed by atoms with Crippen LogP contribution in [0.2, 0.25) is 0 Å². The molecule has 0 bridgehead atoms. The minimum absolute atomic E-state index is 0. The highest BCUT2D eigenvalue weighted by Gasteiger charge is 2.05. The van der Waals surface area contributed by atoms with Gasteiger partial charge in [-0.25, -0.2) is 4.99 Å². The number of rotatable bonds is 9. The van der Waals surface area contributed by atoms with Gasteiger partial charge in [0, 0.05) is 6.54 Å². The van der Waals surface area contributed by atoms with Gasteiger partial charge in [0.25, 0.3) is 0 Å². The normalized spacial score (nSPS) is 10.6. The molecule has 7 heteroatoms. The number of aliphatic imine (C=N–C) groups is 1. The van der Waals surface area contributed by atoms with Gasteiger partial charge >= 0.3 is 0 Å². The summed E-state index contributed by atoms with van der Waals surface area (Å²) < 4.78 is 16.4. The van der Waals surface area contributed by atoms with Gasteiger partial charge in [0.2, 0.25) is 0 Å². The lowest BCUT2D eigenvalue weighted by atomic mass is 10.2. The van der Waals surface area contributed by atoms with E-state index in [1.54, 1.807) is 14.2 Å². The molecule has 0 radical (unpaired) electrons. The van der Waals surface area contributed by atoms with Gasteiger partial charge in [0.1, 0.15) is 12.4 Å². The van der Waals surface area contributed by atoms with Crippen LogP contribution >= 0.6 is 24.0 Å². The van der Waals surface area contributed by atoms with E-state index >= 15 is 0 Å². The lowest BCUT2D eigenvalue weighted by molar-refractivity contribution is 0.321. The van der Waals surface area contributed by atoms with Crippen LogP contribution in [0.25, 0.3) is 0 Å². The van der Waals surface area contributed by atoms with E-state index in [0.717, 1.165) is 23.8 Å². The van der Waals surface area contributed by atoms with Crippen LogP contribution in [0.5, 0.6) is 17.2 Å². The maximum atomic E-state index is 5.76. The fourth-order valence-corrected chi connectivity index (χ4v) is 2.53. The highest BCUT2D eigenvalue weighted by atomic mass is 127. The Balaban J connectivity index is 0.00000392. The average Bonchev–Trinajstić information content (AvgIpc) is 2.69. The number of ether oxygens (including phenoxy) is 3. The first kappa shape index (κ1) is 23.9. The fourth-order valence-electron chi connectivity index (χ4n) is 2.53. The first-order valence-electron chi connectivity index (χ1n) is 9.08. The third kappa shape index (κ3) is 7.84. The summed E-state index contributed by atoms with van der Waals surface area (Å²) in [7, 11) is 3.26. The molecular formula is C21H30IN3O3. The van der Waals surface area contributed by atoms with Gasteiger partial charge in [0.15, 0.2) is 17.5 Å². The van der Waals surface area contributed by atoms with Crippen LogP contribution in [0.4, 0.5) is 0 Å². The van der Waals surface area contributed by atoms with Gasteiger partial charge in [-0.3, -0.25) is 0 Å². The molecule has 0 heterocycles. The summed E-state index contributed by atoms with van der Waals surface area (Å²) in [6.07, 6.45) is 0. The molecule has 2 N–H and O–H groups in total. The van der Waals surface area contributed by atoms with Crippen molar-refractivity contribution in [3.8, 4) is 17.2 Å². The summed E-state index contributed by atoms with van der Waals surface area (Å²) in [5, 5.41) is 6.52. The molecule has 0 fully saturated rings. The Morgan fingerprint density at radius 2 is 1.79 bits per heavy atom. The number of nitrogens with one attached hydrogen (secondary N) is 2. The Labute approximate surface area is 184 Å². The highest BCUT2D eigenvalue weighted by molar-refractivity contribution is 14.0. The number of methoxy groups -OCH3 is 2. The Hall–Kier alpha value is -2.16. The molecule has 0 atom stereocenters. The Morgan fingerprint density at radius 1 is 1.00 bits per heavy atom. The number of guanidine groups is 1. The lowest BCUT2D eigenvalue weighted by Gasteiger charge is -2.13. The Morgan fingerprint density at radius 3 is 2.46 bits per heavy atom. The van der Waals surface area contributed by atoms with Crippen molar-refractivity contribution in [1.29, 1.82) is 0 Å². The Bertz CT molecular complexity index is 753. The molecule has 0 aliphatic carbocycles. The molecule has 2 aromatic carbocycles. The third-order valence-corrected chi connectivity index (χ3v) is 3.86. The quantitative estimate of drug-likeness (QED) is 0.238. The molecule has 2 aromatic rings. The number of aryl methyl sites for hydroxylation is 1. The van der Waals surface area contributed by atoms with E-state index in [-0.39, 0.29) is 24.0 Å². The molecule has 154 valence electrons. The molecule has 0 aliphatic rings. The van der Waals surface area contributed by atoms with E-state index in [4.69, 9.17) is 14.2 Å². The number of benzene rings is 2. The summed E-state index contributed by atoms with van der Waals surface area (Å²) in [6.45, 7) is 6.63. The zero-order valence-corrected chi connectivity index (χ0v) is 19.3. The molecule has 0 unspecified atom stereocenters. The van der Waals surface area contributed by atoms with E-state index in [9.17, 15) is 0 Å². The summed E-state index contributed by atoms with van der Waals surface area (Å²) >= 11 is 0. The van der Waals surface area contributed by atoms with Crippen LogP contribution in [-0.2, 0) is 6.54 Å². The van der Waals surface area contributed by atoms with Gasteiger partial charge < -0.3 is 24.8 Å². The number of halogens is 1. The second-order valence-electron chi connectivity index (χ2n) is 5.98. The minimum Gasteiger partial charge on any atom is -0.493 e. The van der Waals surface area contributed by atoms with Crippen LogP contribution in [0, 0.1) is 6.92 Å². The van der Waals surface area contributed by atoms with E-state index in [1.165, 1.54) is 5.56 Å². The van der Waals surface area contributed by atoms with E-state index in [2.05, 4.69) is 28.6 Å². The highest BCUT2D eigenvalue weighted by Crippen LogP contribution is 2.27. The zero-order valence-electron chi connectivity index (χ0n) is 17.0. The van der Waals surface area contributed by atoms with Crippen molar-refractivity contribution in [1.82, 2.24) is 10.6 Å². The first-order chi connectivity index (χ1) is 13.2. The topological polar surface area (TPSA) is 64.1 Å². The second-order valence-corrected chi connectivity index (χ2v) is 5.98. The predicted molar refractivity (Wildman–Crippen MR) is 124 cm³/mol. The van der Waals surface area contributed by atoms with Gasteiger partial charge in [-0.1, -0.05) is 18.2 Å². The minimum atomic E-state index is 0. The van der Waals surface area contributed by atoms with Crippen molar-refractivity contribution in [2.75, 3.05) is 33.9 Å². The molecule has 0 saturated carbocycles. The van der Waals surface area contributed by atoms with Crippen LogP contribution in [0.15, 0.2) is 47.5 Å². The van der Waals surface area contributed by atoms with E-state index in [1.807, 2.05) is 43.3 Å². The number of hydrogen-bond acceptors (Lipinski definition) is 4. The number of hydrogen-bond donors (Lipinski definition) is 2. The molecule has 0 amide bonds. The summed E-state index contributed by atoms with van der Waals surface area (Å²) in [5.74, 6) is 3.04. The van der Waals surface area contributed by atoms with Gasteiger partial charge in [-0.15, -0.1) is 24.0 Å². The standard InChI is InChI=1S/C21H29N3O3.HI/c1-5-22-21(23-11-12-27-18-8-6-7-16(2)13-18)24-15-17-9-10-19(25-3)20(14-17)26-4;/h6-10,13-14H,5,11-12,15H2,1-4H3,(H2,22,23,24);1H. The van der Waals surface area contributed by atoms with Crippen molar-refractivity contribution in [2.45, 2.75) is 20.4 Å². The van der Waals surface area contributed by atoms with E-state index < -0.39 is 0 Å². The summed E-state index contributed by atoms with van der Waals surface area (Å²) in [4.78, 5) is 4.62. The second kappa shape index (κ2) is 13.1. The van der Waals surface area contributed by atoms with Crippen LogP contribution in [0.1, 0.15) is 18.1 Å². The summed E-state index contributed by atoms with van der Waals surface area (Å²) in [6, 6.07) is 13.8. The van der Waals surface area contributed by atoms with Crippen molar-refractivity contribution in [3.05, 3.63) is 53.6 Å². The molecule has 28 heavy (non-hydrogen) atoms. The summed E-state index contributed by atoms with van der Waals surface area (Å²) in [5.41, 5.74) is 2.23. The molecule has 6 nitrogen and oxygen atoms in total. The molecule has 2 rings (SSSR count). The van der Waals surface area contributed by atoms with Crippen molar-refractivity contribution >= 4 is 29.9 Å². The third-order valence-electron chi connectivity index (χ3n) is 3.86. The lowest BCUT2D eigenvalue weighted by Crippen LogP contribution is -2.39. The largest absolute Gasteiger partial charge is 0.493 e.